The van der Waals surface area contributed by atoms with E-state index in [0.29, 0.717) is 17.2 Å². The van der Waals surface area contributed by atoms with Crippen molar-refractivity contribution in [3.05, 3.63) is 41.1 Å². The molecule has 29 heavy (non-hydrogen) atoms. The zero-order valence-electron chi connectivity index (χ0n) is 18.0. The molecule has 2 aliphatic rings. The average Bonchev–Trinajstić information content (AvgIpc) is 2.68. The maximum absolute atomic E-state index is 13.1. The molecule has 1 aliphatic heterocycles. The number of ether oxygens (including phenoxy) is 1. The van der Waals surface area contributed by atoms with Crippen molar-refractivity contribution in [3.63, 3.8) is 0 Å². The maximum atomic E-state index is 13.1. The van der Waals surface area contributed by atoms with Gasteiger partial charge < -0.3 is 20.3 Å². The Kier molecular flexibility index (Phi) is 6.83. The highest BCUT2D eigenvalue weighted by atomic mass is 16.5. The lowest BCUT2D eigenvalue weighted by Crippen LogP contribution is -2.45. The van der Waals surface area contributed by atoms with E-state index in [1.54, 1.807) is 6.92 Å². The topological polar surface area (TPSA) is 70.7 Å². The third kappa shape index (κ3) is 4.92. The first-order chi connectivity index (χ1) is 13.9. The van der Waals surface area contributed by atoms with Gasteiger partial charge in [-0.3, -0.25) is 0 Å². The van der Waals surface area contributed by atoms with Gasteiger partial charge in [-0.1, -0.05) is 25.5 Å². The SMILES string of the molecule is CCN(CC)c1ccc([C@H]2NC(=O)NC(C)=C2C(=O)O[C@H]2CCC[C@H](C)C2)cc1. The number of nitrogens with zero attached hydrogens (tertiary/aromatic N) is 1. The zero-order valence-corrected chi connectivity index (χ0v) is 18.0. The van der Waals surface area contributed by atoms with Gasteiger partial charge in [0, 0.05) is 24.5 Å². The lowest BCUT2D eigenvalue weighted by atomic mass is 9.88. The second kappa shape index (κ2) is 9.33. The third-order valence-corrected chi connectivity index (χ3v) is 6.01. The first-order valence-corrected chi connectivity index (χ1v) is 10.8. The standard InChI is InChI=1S/C23H33N3O3/c1-5-26(6-2)18-12-10-17(11-13-18)21-20(16(4)24-23(28)25-21)22(27)29-19-9-7-8-15(3)14-19/h10-13,15,19,21H,5-9,14H2,1-4H3,(H2,24,25,28)/t15-,19-,21+/m0/s1. The number of allylic oxidation sites excluding steroid dienone is 1. The number of nitrogens with one attached hydrogen (secondary N) is 2. The number of hydrogen-bond donors (Lipinski definition) is 2. The van der Waals surface area contributed by atoms with Crippen LogP contribution in [0.15, 0.2) is 35.5 Å². The molecule has 0 saturated heterocycles. The zero-order chi connectivity index (χ0) is 21.0. The number of urea groups is 1. The molecule has 6 nitrogen and oxygen atoms in total. The van der Waals surface area contributed by atoms with Crippen LogP contribution in [0.2, 0.25) is 0 Å². The van der Waals surface area contributed by atoms with Crippen molar-refractivity contribution < 1.29 is 14.3 Å². The number of anilines is 1. The summed E-state index contributed by atoms with van der Waals surface area (Å²) in [5.74, 6) is 0.233. The Morgan fingerprint density at radius 2 is 1.86 bits per heavy atom. The summed E-state index contributed by atoms with van der Waals surface area (Å²) in [6, 6.07) is 7.22. The van der Waals surface area contributed by atoms with Gasteiger partial charge in [0.25, 0.3) is 0 Å². The number of carbonyl (C=O) groups excluding carboxylic acids is 2. The highest BCUT2D eigenvalue weighted by Crippen LogP contribution is 2.31. The first-order valence-electron chi connectivity index (χ1n) is 10.8. The molecule has 1 fully saturated rings. The van der Waals surface area contributed by atoms with Crippen molar-refractivity contribution >= 4 is 17.7 Å². The third-order valence-electron chi connectivity index (χ3n) is 6.01. The van der Waals surface area contributed by atoms with Crippen LogP contribution >= 0.6 is 0 Å². The van der Waals surface area contributed by atoms with Crippen LogP contribution in [-0.2, 0) is 9.53 Å². The predicted molar refractivity (Wildman–Crippen MR) is 115 cm³/mol. The molecular formula is C23H33N3O3. The molecule has 2 N–H and O–H groups in total. The highest BCUT2D eigenvalue weighted by Gasteiger charge is 2.34. The predicted octanol–water partition coefficient (Wildman–Crippen LogP) is 4.28. The smallest absolute Gasteiger partial charge is 0.338 e. The fourth-order valence-corrected chi connectivity index (χ4v) is 4.38. The molecule has 3 atom stereocenters. The Morgan fingerprint density at radius 1 is 1.17 bits per heavy atom. The van der Waals surface area contributed by atoms with Gasteiger partial charge in [0.15, 0.2) is 0 Å². The molecule has 0 aromatic heterocycles. The van der Waals surface area contributed by atoms with Gasteiger partial charge in [-0.2, -0.15) is 0 Å². The molecule has 0 unspecified atom stereocenters. The quantitative estimate of drug-likeness (QED) is 0.701. The summed E-state index contributed by atoms with van der Waals surface area (Å²) in [6.45, 7) is 10.1. The van der Waals surface area contributed by atoms with E-state index in [-0.39, 0.29) is 18.1 Å². The number of amides is 2. The number of benzene rings is 1. The summed E-state index contributed by atoms with van der Waals surface area (Å²) in [5, 5.41) is 5.62. The summed E-state index contributed by atoms with van der Waals surface area (Å²) < 4.78 is 5.86. The molecule has 1 aromatic rings. The number of rotatable bonds is 6. The summed E-state index contributed by atoms with van der Waals surface area (Å²) in [5.41, 5.74) is 3.04. The van der Waals surface area contributed by atoms with E-state index in [4.69, 9.17) is 4.74 Å². The van der Waals surface area contributed by atoms with Crippen LogP contribution in [0.1, 0.15) is 65.0 Å². The van der Waals surface area contributed by atoms with E-state index in [2.05, 4.69) is 36.3 Å². The molecule has 0 bridgehead atoms. The van der Waals surface area contributed by atoms with Crippen LogP contribution in [0.4, 0.5) is 10.5 Å². The Morgan fingerprint density at radius 3 is 2.48 bits per heavy atom. The summed E-state index contributed by atoms with van der Waals surface area (Å²) in [4.78, 5) is 27.4. The maximum Gasteiger partial charge on any atom is 0.338 e. The van der Waals surface area contributed by atoms with Crippen molar-refractivity contribution in [1.29, 1.82) is 0 Å². The number of esters is 1. The van der Waals surface area contributed by atoms with Gasteiger partial charge in [0.1, 0.15) is 6.10 Å². The van der Waals surface area contributed by atoms with E-state index < -0.39 is 6.04 Å². The molecule has 6 heteroatoms. The van der Waals surface area contributed by atoms with Gasteiger partial charge in [-0.15, -0.1) is 0 Å². The highest BCUT2D eigenvalue weighted by molar-refractivity contribution is 5.95. The normalized spacial score (nSPS) is 24.6. The van der Waals surface area contributed by atoms with Crippen molar-refractivity contribution in [1.82, 2.24) is 10.6 Å². The molecule has 2 amide bonds. The van der Waals surface area contributed by atoms with Crippen molar-refractivity contribution in [2.75, 3.05) is 18.0 Å². The van der Waals surface area contributed by atoms with E-state index in [9.17, 15) is 9.59 Å². The Bertz CT molecular complexity index is 768. The monoisotopic (exact) mass is 399 g/mol. The Balaban J connectivity index is 1.83. The second-order valence-corrected chi connectivity index (χ2v) is 8.13. The van der Waals surface area contributed by atoms with Crippen LogP contribution in [-0.4, -0.2) is 31.2 Å². The van der Waals surface area contributed by atoms with Crippen molar-refractivity contribution in [3.8, 4) is 0 Å². The molecule has 0 radical (unpaired) electrons. The molecular weight excluding hydrogens is 366 g/mol. The molecule has 1 aromatic carbocycles. The van der Waals surface area contributed by atoms with E-state index in [0.717, 1.165) is 43.6 Å². The van der Waals surface area contributed by atoms with E-state index >= 15 is 0 Å². The van der Waals surface area contributed by atoms with Gasteiger partial charge in [0.05, 0.1) is 11.6 Å². The Hall–Kier alpha value is -2.50. The number of hydrogen-bond acceptors (Lipinski definition) is 4. The summed E-state index contributed by atoms with van der Waals surface area (Å²) in [6.07, 6.45) is 4.04. The van der Waals surface area contributed by atoms with E-state index in [1.807, 2.05) is 24.3 Å². The molecule has 0 spiro atoms. The summed E-state index contributed by atoms with van der Waals surface area (Å²) in [7, 11) is 0. The summed E-state index contributed by atoms with van der Waals surface area (Å²) >= 11 is 0. The van der Waals surface area contributed by atoms with Gasteiger partial charge in [-0.05, 0) is 63.6 Å². The second-order valence-electron chi connectivity index (χ2n) is 8.13. The first kappa shape index (κ1) is 21.2. The molecule has 1 aliphatic carbocycles. The lowest BCUT2D eigenvalue weighted by molar-refractivity contribution is -0.146. The van der Waals surface area contributed by atoms with Gasteiger partial charge in [0.2, 0.25) is 0 Å². The van der Waals surface area contributed by atoms with Crippen LogP contribution in [0.5, 0.6) is 0 Å². The lowest BCUT2D eigenvalue weighted by Gasteiger charge is -2.31. The Labute approximate surface area is 173 Å². The molecule has 158 valence electrons. The van der Waals surface area contributed by atoms with Crippen LogP contribution in [0, 0.1) is 5.92 Å². The minimum Gasteiger partial charge on any atom is -0.459 e. The van der Waals surface area contributed by atoms with Gasteiger partial charge >= 0.3 is 12.0 Å². The minimum absolute atomic E-state index is 0.0464. The van der Waals surface area contributed by atoms with Crippen LogP contribution in [0.25, 0.3) is 0 Å². The molecule has 3 rings (SSSR count). The van der Waals surface area contributed by atoms with Gasteiger partial charge in [-0.25, -0.2) is 9.59 Å². The molecule has 1 saturated carbocycles. The largest absolute Gasteiger partial charge is 0.459 e. The molecule has 1 heterocycles. The fourth-order valence-electron chi connectivity index (χ4n) is 4.38. The number of carbonyl (C=O) groups is 2. The average molecular weight is 400 g/mol. The minimum atomic E-state index is -0.511. The van der Waals surface area contributed by atoms with Crippen molar-refractivity contribution in [2.24, 2.45) is 5.92 Å². The van der Waals surface area contributed by atoms with Crippen LogP contribution < -0.4 is 15.5 Å². The van der Waals surface area contributed by atoms with Crippen LogP contribution in [0.3, 0.4) is 0 Å². The fraction of sp³-hybridized carbons (Fsp3) is 0.565. The van der Waals surface area contributed by atoms with Crippen molar-refractivity contribution in [2.45, 2.75) is 65.5 Å². The van der Waals surface area contributed by atoms with E-state index in [1.165, 1.54) is 6.42 Å².